The molecule has 0 amide bonds. The van der Waals surface area contributed by atoms with E-state index in [9.17, 15) is 68.1 Å². The highest BCUT2D eigenvalue weighted by Gasteiger charge is 2.53. The van der Waals surface area contributed by atoms with Crippen molar-refractivity contribution in [3.63, 3.8) is 0 Å². The third kappa shape index (κ3) is 9.97. The van der Waals surface area contributed by atoms with E-state index < -0.39 is 140 Å². The van der Waals surface area contributed by atoms with Gasteiger partial charge in [0.1, 0.15) is 60.8 Å². The number of aromatic nitrogens is 10. The van der Waals surface area contributed by atoms with Crippen LogP contribution in [0.3, 0.4) is 0 Å². The third-order valence-electron chi connectivity index (χ3n) is 10.3. The number of phosphoric ester groups is 3. The van der Waals surface area contributed by atoms with Crippen LogP contribution in [0.25, 0.3) is 22.3 Å². The van der Waals surface area contributed by atoms with Crippen molar-refractivity contribution in [2.75, 3.05) is 37.0 Å². The van der Waals surface area contributed by atoms with Crippen molar-refractivity contribution in [1.82, 2.24) is 48.6 Å². The van der Waals surface area contributed by atoms with Crippen molar-refractivity contribution in [2.45, 2.75) is 73.6 Å². The van der Waals surface area contributed by atoms with Gasteiger partial charge in [0, 0.05) is 6.20 Å². The van der Waals surface area contributed by atoms with Crippen molar-refractivity contribution in [1.29, 1.82) is 0 Å². The van der Waals surface area contributed by atoms with E-state index in [1.54, 1.807) is 0 Å². The van der Waals surface area contributed by atoms with E-state index in [4.69, 9.17) is 49.5 Å². The molecule has 0 radical (unpaired) electrons. The predicted molar refractivity (Wildman–Crippen MR) is 213 cm³/mol. The van der Waals surface area contributed by atoms with Crippen LogP contribution in [0.5, 0.6) is 0 Å². The van der Waals surface area contributed by atoms with Crippen LogP contribution in [0.15, 0.2) is 39.3 Å². The summed E-state index contributed by atoms with van der Waals surface area (Å²) in [4.78, 5) is 101. The SMILES string of the molecule is Nc1ccn([C@@H]2O[C@H](COP(=O)(O)O)[C@@H](OP(=O)(O)OC[C@H]3O[C@@H](n4cnc5c(=O)[nH]c(N)nc54)[C@H](O)[C@@H]3OP(=O)(O)OC[C@H]3O[C@@H](n4cnc5c(=O)[nH]c(N)nc54)[C@H](O)[C@@H]3O)[C@H]2O)c(=O)n1. The Morgan fingerprint density at radius 3 is 1.52 bits per heavy atom. The zero-order valence-corrected chi connectivity index (χ0v) is 36.0. The van der Waals surface area contributed by atoms with Crippen molar-refractivity contribution < 1.29 is 90.5 Å². The summed E-state index contributed by atoms with van der Waals surface area (Å²) in [6, 6.07) is 1.12. The highest BCUT2D eigenvalue weighted by molar-refractivity contribution is 7.47. The van der Waals surface area contributed by atoms with Crippen LogP contribution in [0.4, 0.5) is 17.7 Å². The summed E-state index contributed by atoms with van der Waals surface area (Å²) in [7, 11) is -16.3. The molecule has 67 heavy (non-hydrogen) atoms. The minimum atomic E-state index is -5.58. The number of aliphatic hydroxyl groups is 4. The molecule has 366 valence electrons. The molecule has 0 saturated carbocycles. The normalized spacial score (nSPS) is 30.9. The van der Waals surface area contributed by atoms with Crippen molar-refractivity contribution in [3.05, 3.63) is 56.1 Å². The topological polar surface area (TPSA) is 527 Å². The molecule has 2 unspecified atom stereocenters. The number of imidazole rings is 2. The summed E-state index contributed by atoms with van der Waals surface area (Å²) in [5.41, 5.74) is 13.2. The number of ether oxygens (including phenoxy) is 3. The van der Waals surface area contributed by atoms with Crippen molar-refractivity contribution in [3.8, 4) is 0 Å². The second-order valence-corrected chi connectivity index (χ2v) is 18.8. The fraction of sp³-hybridized carbons (Fsp3) is 0.517. The zero-order chi connectivity index (χ0) is 48.5. The smallest absolute Gasteiger partial charge is 0.387 e. The van der Waals surface area contributed by atoms with Gasteiger partial charge >= 0.3 is 29.2 Å². The molecule has 0 spiro atoms. The first kappa shape index (κ1) is 48.5. The third-order valence-corrected chi connectivity index (χ3v) is 12.7. The van der Waals surface area contributed by atoms with Crippen LogP contribution in [-0.2, 0) is 50.5 Å². The lowest BCUT2D eigenvalue weighted by Crippen LogP contribution is -2.38. The second kappa shape index (κ2) is 18.2. The summed E-state index contributed by atoms with van der Waals surface area (Å²) in [5, 5.41) is 44.3. The zero-order valence-electron chi connectivity index (χ0n) is 33.3. The van der Waals surface area contributed by atoms with Gasteiger partial charge in [0.05, 0.1) is 32.5 Å². The van der Waals surface area contributed by atoms with Crippen LogP contribution >= 0.6 is 23.5 Å². The summed E-state index contributed by atoms with van der Waals surface area (Å²) >= 11 is 0. The van der Waals surface area contributed by atoms with Gasteiger partial charge in [-0.3, -0.25) is 55.9 Å². The monoisotopic (exact) mass is 1010 g/mol. The largest absolute Gasteiger partial charge is 0.472 e. The number of nitrogen functional groups attached to an aromatic ring is 3. The number of H-pyrrole nitrogens is 2. The van der Waals surface area contributed by atoms with Gasteiger partial charge in [-0.2, -0.15) is 15.0 Å². The number of hydrogen-bond acceptors (Lipinski definition) is 26. The average molecular weight is 1010 g/mol. The molecule has 14 atom stereocenters. The maximum Gasteiger partial charge on any atom is 0.472 e. The summed E-state index contributed by atoms with van der Waals surface area (Å²) in [6.07, 6.45) is -19.3. The molecule has 0 aliphatic carbocycles. The summed E-state index contributed by atoms with van der Waals surface area (Å²) < 4.78 is 83.4. The van der Waals surface area contributed by atoms with Crippen molar-refractivity contribution >= 4 is 63.5 Å². The fourth-order valence-corrected chi connectivity index (χ4v) is 9.55. The molecule has 3 fully saturated rings. The van der Waals surface area contributed by atoms with Crippen LogP contribution < -0.4 is 34.0 Å². The minimum Gasteiger partial charge on any atom is -0.387 e. The molecular formula is C29H38N13O22P3. The predicted octanol–water partition coefficient (Wildman–Crippen LogP) is -5.49. The Morgan fingerprint density at radius 1 is 0.612 bits per heavy atom. The van der Waals surface area contributed by atoms with Gasteiger partial charge in [-0.1, -0.05) is 0 Å². The first-order valence-electron chi connectivity index (χ1n) is 18.9. The summed E-state index contributed by atoms with van der Waals surface area (Å²) in [6.45, 7) is -3.31. The molecule has 0 aromatic carbocycles. The summed E-state index contributed by atoms with van der Waals surface area (Å²) in [5.74, 6) is -0.964. The Morgan fingerprint density at radius 2 is 1.04 bits per heavy atom. The van der Waals surface area contributed by atoms with E-state index >= 15 is 0 Å². The molecule has 8 rings (SSSR count). The Hall–Kier alpha value is -4.97. The maximum absolute atomic E-state index is 13.5. The Balaban J connectivity index is 1.01. The Kier molecular flexibility index (Phi) is 13.1. The molecule has 8 heterocycles. The van der Waals surface area contributed by atoms with Gasteiger partial charge < -0.3 is 71.4 Å². The van der Waals surface area contributed by atoms with Gasteiger partial charge in [-0.25, -0.2) is 28.5 Å². The van der Waals surface area contributed by atoms with Gasteiger partial charge in [0.25, 0.3) is 11.1 Å². The molecule has 5 aromatic heterocycles. The standard InChI is InChI=1S/C29H38N13O22P3/c30-11-1-2-40(29(49)35-11)25-16(45)18(9(61-25)4-57-65(50,51)52)63-67(55,56)59-5-10-19(17(46)26(62-10)42-7-34-13-21(42)37-28(32)39-23(13)48)64-66(53,54)58-3-8-14(43)15(44)24(60-8)41-6-33-12-20(41)36-27(31)38-22(12)47/h1-2,6-10,14-19,24-26,43-46H,3-5H2,(H,53,54)(H,55,56)(H2,30,35,49)(H2,50,51,52)(H3,31,36,38,47)(H3,32,37,39,48)/t8-,9-,10-,14-,15-,16-,17-,18-,19-,24-,25-,26-/m1/s1. The average Bonchev–Trinajstić information content (AvgIpc) is 4.04. The lowest BCUT2D eigenvalue weighted by Gasteiger charge is -2.26. The molecule has 38 heteroatoms. The van der Waals surface area contributed by atoms with Crippen LogP contribution in [0, 0.1) is 0 Å². The maximum atomic E-state index is 13.5. The quantitative estimate of drug-likeness (QED) is 0.0410. The number of nitrogens with zero attached hydrogens (tertiary/aromatic N) is 8. The molecular weight excluding hydrogens is 975 g/mol. The molecule has 16 N–H and O–H groups in total. The molecule has 3 saturated heterocycles. The molecule has 35 nitrogen and oxygen atoms in total. The number of aromatic amines is 2. The lowest BCUT2D eigenvalue weighted by atomic mass is 10.1. The fourth-order valence-electron chi connectivity index (χ4n) is 7.28. The van der Waals surface area contributed by atoms with Gasteiger partial charge in [0.2, 0.25) is 11.9 Å². The minimum absolute atomic E-state index is 0.155. The van der Waals surface area contributed by atoms with E-state index in [1.165, 1.54) is 0 Å². The number of nitrogens with two attached hydrogens (primary N) is 3. The van der Waals surface area contributed by atoms with E-state index in [-0.39, 0.29) is 34.1 Å². The van der Waals surface area contributed by atoms with Crippen LogP contribution in [-0.4, -0.2) is 163 Å². The van der Waals surface area contributed by atoms with Crippen molar-refractivity contribution in [2.24, 2.45) is 0 Å². The number of nitrogens with one attached hydrogen (secondary N) is 2. The molecule has 3 aliphatic rings. The number of anilines is 3. The molecule has 0 bridgehead atoms. The molecule has 5 aromatic rings. The number of hydrogen-bond donors (Lipinski definition) is 13. The highest BCUT2D eigenvalue weighted by atomic mass is 31.2. The highest BCUT2D eigenvalue weighted by Crippen LogP contribution is 2.52. The van der Waals surface area contributed by atoms with Gasteiger partial charge in [-0.15, -0.1) is 0 Å². The van der Waals surface area contributed by atoms with Gasteiger partial charge in [-0.05, 0) is 6.07 Å². The Bertz CT molecular complexity index is 3000. The molecule has 3 aliphatic heterocycles. The van der Waals surface area contributed by atoms with Crippen LogP contribution in [0.2, 0.25) is 0 Å². The van der Waals surface area contributed by atoms with Crippen LogP contribution in [0.1, 0.15) is 18.7 Å². The number of rotatable bonds is 16. The first-order chi connectivity index (χ1) is 31.4. The number of fused-ring (bicyclic) bond motifs is 2. The second-order valence-electron chi connectivity index (χ2n) is 14.7. The van der Waals surface area contributed by atoms with E-state index in [0.29, 0.717) is 4.57 Å². The first-order valence-corrected chi connectivity index (χ1v) is 23.4. The van der Waals surface area contributed by atoms with E-state index in [2.05, 4.69) is 39.4 Å². The number of phosphoric acid groups is 3. The number of aliphatic hydroxyl groups excluding tert-OH is 4. The van der Waals surface area contributed by atoms with E-state index in [0.717, 1.165) is 34.1 Å². The lowest BCUT2D eigenvalue weighted by molar-refractivity contribution is -0.0618. The van der Waals surface area contributed by atoms with E-state index in [1.807, 2.05) is 0 Å². The van der Waals surface area contributed by atoms with Gasteiger partial charge in [0.15, 0.2) is 41.0 Å². The Labute approximate surface area is 369 Å².